The number of methoxy groups -OCH3 is 1. The molecule has 1 aliphatic carbocycles. The van der Waals surface area contributed by atoms with Crippen LogP contribution in [0.15, 0.2) is 0 Å². The lowest BCUT2D eigenvalue weighted by atomic mass is 10.1. The molecule has 1 saturated carbocycles. The van der Waals surface area contributed by atoms with E-state index < -0.39 is 0 Å². The molecule has 0 aromatic carbocycles. The predicted octanol–water partition coefficient (Wildman–Crippen LogP) is 1.21. The van der Waals surface area contributed by atoms with Gasteiger partial charge in [0.2, 0.25) is 0 Å². The summed E-state index contributed by atoms with van der Waals surface area (Å²) in [6.45, 7) is 6.16. The second-order valence-electron chi connectivity index (χ2n) is 5.25. The predicted molar refractivity (Wildman–Crippen MR) is 68.9 cm³/mol. The second-order valence-corrected chi connectivity index (χ2v) is 5.25. The van der Waals surface area contributed by atoms with Gasteiger partial charge in [0.05, 0.1) is 7.11 Å². The van der Waals surface area contributed by atoms with Crippen LogP contribution in [-0.2, 0) is 9.53 Å². The van der Waals surface area contributed by atoms with E-state index in [4.69, 9.17) is 4.74 Å². The average molecular weight is 242 g/mol. The van der Waals surface area contributed by atoms with Crippen molar-refractivity contribution in [1.82, 2.24) is 9.80 Å². The van der Waals surface area contributed by atoms with E-state index in [9.17, 15) is 4.79 Å². The van der Waals surface area contributed by atoms with Gasteiger partial charge in [0.15, 0.2) is 0 Å². The van der Waals surface area contributed by atoms with E-state index in [1.165, 1.54) is 7.11 Å². The lowest BCUT2D eigenvalue weighted by Gasteiger charge is -2.35. The average Bonchev–Trinajstić information content (AvgIpc) is 3.07. The number of nitrogens with zero attached hydrogens (tertiary/aromatic N) is 2. The number of carbonyl (C=O) groups is 1. The number of ether oxygens (including phenoxy) is 1. The van der Waals surface area contributed by atoms with Crippen molar-refractivity contribution in [2.45, 2.75) is 38.8 Å². The quantitative estimate of drug-likeness (QED) is 0.628. The molecule has 2 atom stereocenters. The van der Waals surface area contributed by atoms with E-state index in [0.717, 1.165) is 25.9 Å². The van der Waals surface area contributed by atoms with Crippen LogP contribution < -0.4 is 0 Å². The molecule has 0 N–H and O–H groups in total. The molecule has 100 valence electrons. The molecule has 0 saturated heterocycles. The van der Waals surface area contributed by atoms with Gasteiger partial charge in [-0.1, -0.05) is 6.92 Å². The largest absolute Gasteiger partial charge is 0.468 e. The van der Waals surface area contributed by atoms with Crippen LogP contribution in [0.2, 0.25) is 0 Å². The summed E-state index contributed by atoms with van der Waals surface area (Å²) in [4.78, 5) is 16.3. The molecular formula is C13H26N2O2. The maximum Gasteiger partial charge on any atom is 0.323 e. The Bertz CT molecular complexity index is 252. The zero-order chi connectivity index (χ0) is 13.0. The Kier molecular flexibility index (Phi) is 5.40. The van der Waals surface area contributed by atoms with Crippen molar-refractivity contribution in [3.63, 3.8) is 0 Å². The molecule has 1 rings (SSSR count). The molecule has 0 heterocycles. The van der Waals surface area contributed by atoms with Crippen LogP contribution in [-0.4, -0.2) is 62.1 Å². The summed E-state index contributed by atoms with van der Waals surface area (Å²) in [5.74, 6) is 0.437. The number of likely N-dealkylation sites (N-methyl/N-ethyl adjacent to an activating group) is 2. The molecule has 1 fully saturated rings. The third kappa shape index (κ3) is 3.96. The Morgan fingerprint density at radius 2 is 2.00 bits per heavy atom. The van der Waals surface area contributed by atoms with Gasteiger partial charge in [-0.15, -0.1) is 0 Å². The molecular weight excluding hydrogens is 216 g/mol. The molecule has 0 amide bonds. The summed E-state index contributed by atoms with van der Waals surface area (Å²) in [6, 6.07) is 0.333. The molecule has 0 bridgehead atoms. The first-order chi connectivity index (χ1) is 8.01. The molecule has 0 radical (unpaired) electrons. The van der Waals surface area contributed by atoms with Crippen LogP contribution in [0.4, 0.5) is 0 Å². The van der Waals surface area contributed by atoms with Crippen LogP contribution in [0.5, 0.6) is 0 Å². The molecule has 0 spiro atoms. The van der Waals surface area contributed by atoms with Crippen LogP contribution in [0.3, 0.4) is 0 Å². The third-order valence-corrected chi connectivity index (χ3v) is 3.43. The highest BCUT2D eigenvalue weighted by Gasteiger charge is 2.41. The Balaban J connectivity index is 2.70. The van der Waals surface area contributed by atoms with Crippen LogP contribution in [0, 0.1) is 5.92 Å². The highest BCUT2D eigenvalue weighted by molar-refractivity contribution is 5.76. The van der Waals surface area contributed by atoms with Gasteiger partial charge in [0, 0.05) is 12.6 Å². The third-order valence-electron chi connectivity index (χ3n) is 3.43. The summed E-state index contributed by atoms with van der Waals surface area (Å²) in [5.41, 5.74) is 0. The summed E-state index contributed by atoms with van der Waals surface area (Å²) < 4.78 is 4.96. The molecule has 4 nitrogen and oxygen atoms in total. The second kappa shape index (κ2) is 6.36. The minimum Gasteiger partial charge on any atom is -0.468 e. The Morgan fingerprint density at radius 3 is 2.35 bits per heavy atom. The molecule has 2 unspecified atom stereocenters. The zero-order valence-corrected chi connectivity index (χ0v) is 11.8. The van der Waals surface area contributed by atoms with Gasteiger partial charge in [-0.2, -0.15) is 0 Å². The van der Waals surface area contributed by atoms with E-state index in [2.05, 4.69) is 37.7 Å². The van der Waals surface area contributed by atoms with Crippen molar-refractivity contribution in [2.24, 2.45) is 5.92 Å². The minimum absolute atomic E-state index is 0.0417. The van der Waals surface area contributed by atoms with Gasteiger partial charge in [-0.05, 0) is 46.3 Å². The highest BCUT2D eigenvalue weighted by Crippen LogP contribution is 2.36. The van der Waals surface area contributed by atoms with Gasteiger partial charge in [0.1, 0.15) is 6.04 Å². The first kappa shape index (κ1) is 14.5. The van der Waals surface area contributed by atoms with E-state index in [-0.39, 0.29) is 12.0 Å². The van der Waals surface area contributed by atoms with Crippen molar-refractivity contribution >= 4 is 5.97 Å². The number of hydrogen-bond donors (Lipinski definition) is 0. The highest BCUT2D eigenvalue weighted by atomic mass is 16.5. The topological polar surface area (TPSA) is 32.8 Å². The van der Waals surface area contributed by atoms with Crippen LogP contribution >= 0.6 is 0 Å². The van der Waals surface area contributed by atoms with Crippen molar-refractivity contribution in [3.05, 3.63) is 0 Å². The number of hydrogen-bond acceptors (Lipinski definition) is 4. The molecule has 4 heteroatoms. The summed E-state index contributed by atoms with van der Waals surface area (Å²) in [6.07, 6.45) is 2.32. The minimum atomic E-state index is -0.0695. The SMILES string of the molecule is CCN(C(C)CN(C)C)C(C(=O)OC)C1CC1. The van der Waals surface area contributed by atoms with E-state index in [0.29, 0.717) is 12.0 Å². The van der Waals surface area contributed by atoms with Gasteiger partial charge >= 0.3 is 5.97 Å². The Morgan fingerprint density at radius 1 is 1.41 bits per heavy atom. The molecule has 17 heavy (non-hydrogen) atoms. The fraction of sp³-hybridized carbons (Fsp3) is 0.923. The number of rotatable bonds is 7. The fourth-order valence-electron chi connectivity index (χ4n) is 2.55. The van der Waals surface area contributed by atoms with Crippen molar-refractivity contribution in [3.8, 4) is 0 Å². The summed E-state index contributed by atoms with van der Waals surface area (Å²) in [5, 5.41) is 0. The van der Waals surface area contributed by atoms with E-state index in [1.54, 1.807) is 0 Å². The smallest absolute Gasteiger partial charge is 0.323 e. The van der Waals surface area contributed by atoms with Crippen LogP contribution in [0.1, 0.15) is 26.7 Å². The van der Waals surface area contributed by atoms with Crippen molar-refractivity contribution < 1.29 is 9.53 Å². The van der Waals surface area contributed by atoms with Gasteiger partial charge in [-0.25, -0.2) is 0 Å². The molecule has 0 aliphatic heterocycles. The first-order valence-electron chi connectivity index (χ1n) is 6.49. The van der Waals surface area contributed by atoms with E-state index in [1.807, 2.05) is 0 Å². The lowest BCUT2D eigenvalue weighted by Crippen LogP contribution is -2.50. The molecule has 0 aromatic rings. The van der Waals surface area contributed by atoms with E-state index >= 15 is 0 Å². The zero-order valence-electron chi connectivity index (χ0n) is 11.8. The first-order valence-corrected chi connectivity index (χ1v) is 6.49. The van der Waals surface area contributed by atoms with Gasteiger partial charge in [-0.3, -0.25) is 9.69 Å². The summed E-state index contributed by atoms with van der Waals surface area (Å²) in [7, 11) is 5.62. The number of esters is 1. The lowest BCUT2D eigenvalue weighted by molar-refractivity contribution is -0.149. The van der Waals surface area contributed by atoms with Crippen molar-refractivity contribution in [1.29, 1.82) is 0 Å². The Labute approximate surface area is 105 Å². The standard InChI is InChI=1S/C13H26N2O2/c1-6-15(10(2)9-14(3)4)12(11-7-8-11)13(16)17-5/h10-12H,6-9H2,1-5H3. The summed E-state index contributed by atoms with van der Waals surface area (Å²) >= 11 is 0. The maximum atomic E-state index is 11.9. The molecule has 1 aliphatic rings. The normalized spacial score (nSPS) is 19.5. The number of carbonyl (C=O) groups excluding carboxylic acids is 1. The van der Waals surface area contributed by atoms with Crippen molar-refractivity contribution in [2.75, 3.05) is 34.3 Å². The van der Waals surface area contributed by atoms with Crippen LogP contribution in [0.25, 0.3) is 0 Å². The fourth-order valence-corrected chi connectivity index (χ4v) is 2.55. The van der Waals surface area contributed by atoms with Gasteiger partial charge < -0.3 is 9.64 Å². The molecule has 0 aromatic heterocycles. The van der Waals surface area contributed by atoms with Gasteiger partial charge in [0.25, 0.3) is 0 Å². The maximum absolute atomic E-state index is 11.9. The Hall–Kier alpha value is -0.610. The monoisotopic (exact) mass is 242 g/mol.